The molecule has 2 aliphatic rings. The standard InChI is InChI=1S/C25H28F4N8O2/c26-20-21(31-13-24(23-35-34-15-39-23)7-9-36(10-8-24)12-19(30)38)32-14-33-22(20)37(18-5-6-18)11-16-1-3-17(4-2-16)25(27,28)29/h1-4,14-15,18H,5-13H2,(H2,30,38)(H,31,32,33). The third-order valence-electron chi connectivity index (χ3n) is 7.27. The quantitative estimate of drug-likeness (QED) is 0.368. The number of primary amides is 1. The monoisotopic (exact) mass is 548 g/mol. The number of hydrogen-bond acceptors (Lipinski definition) is 9. The number of carbonyl (C=O) groups is 1. The van der Waals surface area contributed by atoms with Gasteiger partial charge in [-0.25, -0.2) is 9.97 Å². The maximum Gasteiger partial charge on any atom is 0.416 e. The van der Waals surface area contributed by atoms with Gasteiger partial charge in [-0.2, -0.15) is 17.6 Å². The molecule has 3 N–H and O–H groups in total. The van der Waals surface area contributed by atoms with E-state index in [0.29, 0.717) is 37.4 Å². The molecular weight excluding hydrogens is 520 g/mol. The van der Waals surface area contributed by atoms with E-state index in [1.807, 2.05) is 4.90 Å². The fourth-order valence-corrected chi connectivity index (χ4v) is 4.93. The van der Waals surface area contributed by atoms with Gasteiger partial charge in [-0.1, -0.05) is 12.1 Å². The van der Waals surface area contributed by atoms with Crippen molar-refractivity contribution in [3.63, 3.8) is 0 Å². The zero-order chi connectivity index (χ0) is 27.6. The summed E-state index contributed by atoms with van der Waals surface area (Å²) in [6, 6.07) is 4.87. The van der Waals surface area contributed by atoms with Gasteiger partial charge in [0.25, 0.3) is 0 Å². The second kappa shape index (κ2) is 10.8. The fourth-order valence-electron chi connectivity index (χ4n) is 4.93. The first kappa shape index (κ1) is 26.8. The van der Waals surface area contributed by atoms with Crippen LogP contribution in [0, 0.1) is 5.82 Å². The van der Waals surface area contributed by atoms with Crippen LogP contribution in [0.2, 0.25) is 0 Å². The summed E-state index contributed by atoms with van der Waals surface area (Å²) in [5, 5.41) is 11.0. The molecule has 1 aliphatic heterocycles. The number of piperidine rings is 1. The molecular formula is C25H28F4N8O2. The minimum absolute atomic E-state index is 0.00322. The predicted molar refractivity (Wildman–Crippen MR) is 132 cm³/mol. The number of nitrogens with zero attached hydrogens (tertiary/aromatic N) is 6. The van der Waals surface area contributed by atoms with Crippen LogP contribution in [0.3, 0.4) is 0 Å². The van der Waals surface area contributed by atoms with E-state index in [0.717, 1.165) is 25.0 Å². The lowest BCUT2D eigenvalue weighted by molar-refractivity contribution is -0.137. The van der Waals surface area contributed by atoms with Crippen molar-refractivity contribution in [3.05, 3.63) is 59.8 Å². The number of benzene rings is 1. The first-order valence-corrected chi connectivity index (χ1v) is 12.6. The molecule has 2 aromatic heterocycles. The minimum Gasteiger partial charge on any atom is -0.427 e. The van der Waals surface area contributed by atoms with Crippen LogP contribution in [0.5, 0.6) is 0 Å². The number of nitrogens with two attached hydrogens (primary N) is 1. The number of aromatic nitrogens is 4. The highest BCUT2D eigenvalue weighted by Gasteiger charge is 2.41. The molecule has 0 atom stereocenters. The Morgan fingerprint density at radius 2 is 1.90 bits per heavy atom. The Balaban J connectivity index is 1.33. The van der Waals surface area contributed by atoms with Gasteiger partial charge in [0.2, 0.25) is 24.0 Å². The van der Waals surface area contributed by atoms with Crippen LogP contribution in [-0.4, -0.2) is 63.2 Å². The second-order valence-electron chi connectivity index (χ2n) is 10.0. The van der Waals surface area contributed by atoms with Crippen molar-refractivity contribution in [1.82, 2.24) is 25.1 Å². The fraction of sp³-hybridized carbons (Fsp3) is 0.480. The average molecular weight is 549 g/mol. The molecule has 0 bridgehead atoms. The highest BCUT2D eigenvalue weighted by atomic mass is 19.4. The van der Waals surface area contributed by atoms with E-state index in [1.165, 1.54) is 24.9 Å². The van der Waals surface area contributed by atoms with Crippen LogP contribution in [0.1, 0.15) is 42.7 Å². The van der Waals surface area contributed by atoms with Crippen LogP contribution >= 0.6 is 0 Å². The van der Waals surface area contributed by atoms with Crippen LogP contribution in [-0.2, 0) is 22.9 Å². The van der Waals surface area contributed by atoms with Gasteiger partial charge in [-0.3, -0.25) is 9.69 Å². The van der Waals surface area contributed by atoms with E-state index < -0.39 is 28.9 Å². The summed E-state index contributed by atoms with van der Waals surface area (Å²) in [4.78, 5) is 23.3. The number of amides is 1. The van der Waals surface area contributed by atoms with Crippen LogP contribution in [0.4, 0.5) is 29.2 Å². The highest BCUT2D eigenvalue weighted by molar-refractivity contribution is 5.75. The molecule has 1 aromatic carbocycles. The Labute approximate surface area is 221 Å². The maximum atomic E-state index is 15.8. The van der Waals surface area contributed by atoms with E-state index in [1.54, 1.807) is 4.90 Å². The number of nitrogens with one attached hydrogen (secondary N) is 1. The van der Waals surface area contributed by atoms with Gasteiger partial charge in [0.1, 0.15) is 6.33 Å². The molecule has 5 rings (SSSR count). The third-order valence-corrected chi connectivity index (χ3v) is 7.27. The summed E-state index contributed by atoms with van der Waals surface area (Å²) in [6.45, 7) is 1.72. The Kier molecular flexibility index (Phi) is 7.38. The van der Waals surface area contributed by atoms with Gasteiger partial charge in [0, 0.05) is 19.1 Å². The Hall–Kier alpha value is -3.81. The smallest absolute Gasteiger partial charge is 0.416 e. The lowest BCUT2D eigenvalue weighted by atomic mass is 9.78. The molecule has 0 radical (unpaired) electrons. The molecule has 10 nitrogen and oxygen atoms in total. The summed E-state index contributed by atoms with van der Waals surface area (Å²) in [7, 11) is 0. The van der Waals surface area contributed by atoms with Crippen LogP contribution in [0.15, 0.2) is 41.4 Å². The zero-order valence-electron chi connectivity index (χ0n) is 21.0. The molecule has 39 heavy (non-hydrogen) atoms. The SMILES string of the molecule is NC(=O)CN1CCC(CNc2ncnc(N(Cc3ccc(C(F)(F)F)cc3)C3CC3)c2F)(c2nnco2)CC1. The molecule has 2 fully saturated rings. The molecule has 14 heteroatoms. The zero-order valence-corrected chi connectivity index (χ0v) is 21.0. The Morgan fingerprint density at radius 3 is 2.49 bits per heavy atom. The van der Waals surface area contributed by atoms with E-state index in [4.69, 9.17) is 10.2 Å². The molecule has 208 valence electrons. The molecule has 1 amide bonds. The highest BCUT2D eigenvalue weighted by Crippen LogP contribution is 2.37. The van der Waals surface area contributed by atoms with Gasteiger partial charge in [-0.15, -0.1) is 10.2 Å². The van der Waals surface area contributed by atoms with E-state index in [2.05, 4.69) is 25.5 Å². The minimum atomic E-state index is -4.43. The largest absolute Gasteiger partial charge is 0.427 e. The van der Waals surface area contributed by atoms with Crippen molar-refractivity contribution in [2.45, 2.75) is 49.9 Å². The van der Waals surface area contributed by atoms with Gasteiger partial charge >= 0.3 is 6.18 Å². The third kappa shape index (κ3) is 6.10. The predicted octanol–water partition coefficient (Wildman–Crippen LogP) is 3.12. The van der Waals surface area contributed by atoms with Crippen molar-refractivity contribution in [3.8, 4) is 0 Å². The molecule has 0 unspecified atom stereocenters. The topological polar surface area (TPSA) is 126 Å². The Bertz CT molecular complexity index is 1270. The maximum absolute atomic E-state index is 15.8. The van der Waals surface area contributed by atoms with E-state index in [9.17, 15) is 18.0 Å². The number of rotatable bonds is 10. The van der Waals surface area contributed by atoms with E-state index >= 15 is 4.39 Å². The summed E-state index contributed by atoms with van der Waals surface area (Å²) in [5.74, 6) is -0.575. The summed E-state index contributed by atoms with van der Waals surface area (Å²) in [5.41, 5.74) is 4.60. The number of carbonyl (C=O) groups excluding carboxylic acids is 1. The first-order chi connectivity index (χ1) is 18.6. The number of likely N-dealkylation sites (tertiary alicyclic amines) is 1. The second-order valence-corrected chi connectivity index (χ2v) is 10.0. The van der Waals surface area contributed by atoms with Crippen molar-refractivity contribution in [1.29, 1.82) is 0 Å². The first-order valence-electron chi connectivity index (χ1n) is 12.6. The number of alkyl halides is 3. The van der Waals surface area contributed by atoms with Crippen LogP contribution in [0.25, 0.3) is 0 Å². The molecule has 1 saturated heterocycles. The summed E-state index contributed by atoms with van der Waals surface area (Å²) < 4.78 is 60.2. The van der Waals surface area contributed by atoms with Gasteiger partial charge in [0.15, 0.2) is 11.6 Å². The van der Waals surface area contributed by atoms with Crippen molar-refractivity contribution in [2.24, 2.45) is 5.73 Å². The van der Waals surface area contributed by atoms with Crippen molar-refractivity contribution >= 4 is 17.5 Å². The summed E-state index contributed by atoms with van der Waals surface area (Å²) >= 11 is 0. The molecule has 0 spiro atoms. The van der Waals surface area contributed by atoms with Crippen molar-refractivity contribution < 1.29 is 26.8 Å². The summed E-state index contributed by atoms with van der Waals surface area (Å²) in [6.07, 6.45) is 0.867. The molecule has 3 heterocycles. The Morgan fingerprint density at radius 1 is 1.18 bits per heavy atom. The molecule has 3 aromatic rings. The lowest BCUT2D eigenvalue weighted by Gasteiger charge is -2.39. The number of hydrogen-bond donors (Lipinski definition) is 2. The molecule has 1 aliphatic carbocycles. The van der Waals surface area contributed by atoms with Crippen LogP contribution < -0.4 is 16.0 Å². The van der Waals surface area contributed by atoms with Gasteiger partial charge in [-0.05, 0) is 56.5 Å². The van der Waals surface area contributed by atoms with Gasteiger partial charge in [0.05, 0.1) is 17.5 Å². The normalized spacial score (nSPS) is 17.6. The number of halogens is 4. The van der Waals surface area contributed by atoms with E-state index in [-0.39, 0.29) is 37.3 Å². The molecule has 1 saturated carbocycles. The van der Waals surface area contributed by atoms with Gasteiger partial charge < -0.3 is 20.4 Å². The number of anilines is 2. The lowest BCUT2D eigenvalue weighted by Crippen LogP contribution is -2.48. The van der Waals surface area contributed by atoms with Crippen molar-refractivity contribution in [2.75, 3.05) is 36.4 Å². The average Bonchev–Trinajstić information content (AvgIpc) is 3.59.